The summed E-state index contributed by atoms with van der Waals surface area (Å²) in [7, 11) is 2.99. The molecule has 0 unspecified atom stereocenters. The minimum absolute atomic E-state index is 0.100. The van der Waals surface area contributed by atoms with E-state index in [9.17, 15) is 19.5 Å². The summed E-state index contributed by atoms with van der Waals surface area (Å²) in [5, 5.41) is 15.5. The lowest BCUT2D eigenvalue weighted by molar-refractivity contribution is -0.138. The molecule has 2 heterocycles. The van der Waals surface area contributed by atoms with Crippen LogP contribution in [0.3, 0.4) is 0 Å². The maximum absolute atomic E-state index is 15.2. The summed E-state index contributed by atoms with van der Waals surface area (Å²) in [6.45, 7) is 0. The topological polar surface area (TPSA) is 134 Å². The Labute approximate surface area is 274 Å². The molecule has 3 aromatic rings. The van der Waals surface area contributed by atoms with Crippen LogP contribution in [0.5, 0.6) is 17.2 Å². The molecule has 0 spiro atoms. The lowest BCUT2D eigenvalue weighted by Gasteiger charge is -2.50. The molecule has 0 bridgehead atoms. The zero-order chi connectivity index (χ0) is 32.5. The van der Waals surface area contributed by atoms with Crippen molar-refractivity contribution in [3.63, 3.8) is 0 Å². The van der Waals surface area contributed by atoms with Crippen LogP contribution < -0.4 is 20.2 Å². The van der Waals surface area contributed by atoms with Gasteiger partial charge in [-0.2, -0.15) is 5.01 Å². The van der Waals surface area contributed by atoms with Crippen LogP contribution in [0.1, 0.15) is 29.9 Å². The second-order valence-electron chi connectivity index (χ2n) is 12.0. The van der Waals surface area contributed by atoms with E-state index in [0.717, 1.165) is 5.01 Å². The van der Waals surface area contributed by atoms with E-state index < -0.39 is 52.7 Å². The highest BCUT2D eigenvalue weighted by atomic mass is 35.5. The van der Waals surface area contributed by atoms with E-state index >= 15 is 4.79 Å². The highest BCUT2D eigenvalue weighted by molar-refractivity contribution is 6.36. The van der Waals surface area contributed by atoms with E-state index in [1.54, 1.807) is 48.5 Å². The average Bonchev–Trinajstić information content (AvgIpc) is 3.46. The highest BCUT2D eigenvalue weighted by Crippen LogP contribution is 2.65. The third kappa shape index (κ3) is 4.23. The molecule has 10 nitrogen and oxygen atoms in total. The van der Waals surface area contributed by atoms with E-state index in [0.29, 0.717) is 33.2 Å². The number of amides is 4. The van der Waals surface area contributed by atoms with Gasteiger partial charge in [-0.05, 0) is 66.8 Å². The molecule has 6 atom stereocenters. The average molecular weight is 663 g/mol. The zero-order valence-electron chi connectivity index (χ0n) is 24.8. The van der Waals surface area contributed by atoms with Crippen molar-refractivity contribution in [3.05, 3.63) is 93.5 Å². The number of aromatic hydroxyl groups is 1. The van der Waals surface area contributed by atoms with Gasteiger partial charge in [0.05, 0.1) is 48.1 Å². The molecule has 3 fully saturated rings. The maximum Gasteiger partial charge on any atom is 0.260 e. The van der Waals surface area contributed by atoms with E-state index in [4.69, 9.17) is 32.7 Å². The van der Waals surface area contributed by atoms with Gasteiger partial charge in [-0.25, -0.2) is 0 Å². The Morgan fingerprint density at radius 2 is 1.72 bits per heavy atom. The molecule has 3 N–H and O–H groups in total. The van der Waals surface area contributed by atoms with Crippen molar-refractivity contribution in [3.8, 4) is 17.2 Å². The molecular weight excluding hydrogens is 633 g/mol. The van der Waals surface area contributed by atoms with Crippen LogP contribution in [0.15, 0.2) is 72.3 Å². The Morgan fingerprint density at radius 1 is 0.957 bits per heavy atom. The first kappa shape index (κ1) is 30.1. The molecule has 0 radical (unpaired) electrons. The predicted molar refractivity (Wildman–Crippen MR) is 168 cm³/mol. The van der Waals surface area contributed by atoms with Crippen molar-refractivity contribution in [1.82, 2.24) is 10.3 Å². The highest BCUT2D eigenvalue weighted by Gasteiger charge is 2.70. The molecule has 3 aromatic carbocycles. The standard InChI is InChI=1S/C34H29Cl2N3O7/c1-45-18-9-6-16(7-10-18)34-22(32(43)39(33(34)44)38-24-13-8-17(35)14-23(24)36)15-21-19(11-12-20-27(21)31(42)37-30(20)41)29(34)28-25(40)4-3-5-26(28)46-2/h3-11,13-14,20-22,27,29,38,40H,12,15H2,1-2H3,(H,37,41,42)/t20-,21+,22-,27-,29+,34+/m0/s1. The van der Waals surface area contributed by atoms with Gasteiger partial charge >= 0.3 is 0 Å². The summed E-state index contributed by atoms with van der Waals surface area (Å²) >= 11 is 12.6. The summed E-state index contributed by atoms with van der Waals surface area (Å²) in [6, 6.07) is 16.4. The van der Waals surface area contributed by atoms with Crippen LogP contribution in [-0.2, 0) is 24.6 Å². The second-order valence-corrected chi connectivity index (χ2v) is 12.8. The number of rotatable bonds is 6. The summed E-state index contributed by atoms with van der Waals surface area (Å²) in [4.78, 5) is 55.9. The third-order valence-electron chi connectivity index (χ3n) is 9.97. The van der Waals surface area contributed by atoms with E-state index in [1.807, 2.05) is 6.08 Å². The normalized spacial score (nSPS) is 28.2. The van der Waals surface area contributed by atoms with Crippen LogP contribution in [0.2, 0.25) is 10.0 Å². The lowest BCUT2D eigenvalue weighted by Crippen LogP contribution is -2.53. The van der Waals surface area contributed by atoms with Crippen LogP contribution in [0, 0.1) is 23.7 Å². The van der Waals surface area contributed by atoms with Gasteiger partial charge in [-0.3, -0.25) is 29.9 Å². The molecule has 4 amide bonds. The van der Waals surface area contributed by atoms with E-state index in [1.165, 1.54) is 26.4 Å². The number of hydrogen-bond donors (Lipinski definition) is 3. The molecule has 4 aliphatic rings. The Morgan fingerprint density at radius 3 is 2.41 bits per heavy atom. The fourth-order valence-corrected chi connectivity index (χ4v) is 8.52. The number of methoxy groups -OCH3 is 2. The van der Waals surface area contributed by atoms with Crippen molar-refractivity contribution in [2.45, 2.75) is 24.2 Å². The molecule has 2 saturated heterocycles. The summed E-state index contributed by atoms with van der Waals surface area (Å²) in [6.07, 6.45) is 2.25. The third-order valence-corrected chi connectivity index (χ3v) is 10.5. The molecular formula is C34H29Cl2N3O7. The number of nitrogens with zero attached hydrogens (tertiary/aromatic N) is 1. The first-order valence-corrected chi connectivity index (χ1v) is 15.5. The van der Waals surface area contributed by atoms with Crippen LogP contribution in [-0.4, -0.2) is 48.0 Å². The lowest BCUT2D eigenvalue weighted by atomic mass is 9.49. The molecule has 0 aromatic heterocycles. The van der Waals surface area contributed by atoms with Crippen molar-refractivity contribution >= 4 is 52.5 Å². The molecule has 2 aliphatic carbocycles. The number of benzene rings is 3. The number of anilines is 1. The zero-order valence-corrected chi connectivity index (χ0v) is 26.3. The Hall–Kier alpha value is -4.54. The first-order valence-electron chi connectivity index (χ1n) is 14.8. The summed E-state index contributed by atoms with van der Waals surface area (Å²) in [5.41, 5.74) is 3.10. The van der Waals surface area contributed by atoms with Gasteiger partial charge in [0.1, 0.15) is 17.2 Å². The summed E-state index contributed by atoms with van der Waals surface area (Å²) < 4.78 is 11.2. The van der Waals surface area contributed by atoms with Gasteiger partial charge in [0.25, 0.3) is 11.8 Å². The van der Waals surface area contributed by atoms with Gasteiger partial charge in [0.15, 0.2) is 0 Å². The second kappa shape index (κ2) is 11.1. The number of hydrazine groups is 1. The van der Waals surface area contributed by atoms with E-state index in [-0.39, 0.29) is 35.2 Å². The van der Waals surface area contributed by atoms with Gasteiger partial charge in [0, 0.05) is 16.5 Å². The fourth-order valence-electron chi connectivity index (χ4n) is 8.07. The number of ether oxygens (including phenoxy) is 2. The number of imide groups is 2. The quantitative estimate of drug-likeness (QED) is 0.249. The monoisotopic (exact) mass is 661 g/mol. The number of fused-ring (bicyclic) bond motifs is 4. The smallest absolute Gasteiger partial charge is 0.260 e. The molecule has 12 heteroatoms. The number of carbonyl (C=O) groups is 4. The first-order chi connectivity index (χ1) is 22.1. The van der Waals surface area contributed by atoms with Crippen molar-refractivity contribution in [2.24, 2.45) is 23.7 Å². The maximum atomic E-state index is 15.2. The van der Waals surface area contributed by atoms with Crippen molar-refractivity contribution < 1.29 is 33.8 Å². The number of phenolic OH excluding ortho intramolecular Hbond substituents is 1. The molecule has 46 heavy (non-hydrogen) atoms. The van der Waals surface area contributed by atoms with E-state index in [2.05, 4.69) is 10.7 Å². The van der Waals surface area contributed by atoms with Gasteiger partial charge in [-0.15, -0.1) is 0 Å². The predicted octanol–water partition coefficient (Wildman–Crippen LogP) is 4.99. The van der Waals surface area contributed by atoms with Crippen LogP contribution in [0.4, 0.5) is 5.69 Å². The van der Waals surface area contributed by atoms with Gasteiger partial charge in [-0.1, -0.05) is 53.1 Å². The Bertz CT molecular complexity index is 1840. The molecule has 1 saturated carbocycles. The number of allylic oxidation sites excluding steroid dienone is 2. The van der Waals surface area contributed by atoms with Gasteiger partial charge < -0.3 is 14.6 Å². The number of hydrogen-bond acceptors (Lipinski definition) is 8. The number of phenols is 1. The summed E-state index contributed by atoms with van der Waals surface area (Å²) in [5.74, 6) is -5.09. The minimum Gasteiger partial charge on any atom is -0.508 e. The molecule has 7 rings (SSSR count). The molecule has 2 aliphatic heterocycles. The van der Waals surface area contributed by atoms with Crippen LogP contribution in [0.25, 0.3) is 0 Å². The SMILES string of the molecule is COc1ccc([C@@]23C(=O)N(Nc4ccc(Cl)cc4Cl)C(=O)[C@@H]2C[C@@H]2C(=CC[C@@H]4C(=O)NC(=O)[C@@H]42)[C@@H]3c2c(O)cccc2OC)cc1. The number of halogens is 2. The minimum atomic E-state index is -1.62. The molecule has 236 valence electrons. The largest absolute Gasteiger partial charge is 0.508 e. The number of nitrogens with one attached hydrogen (secondary N) is 2. The van der Waals surface area contributed by atoms with Crippen molar-refractivity contribution in [2.75, 3.05) is 19.6 Å². The van der Waals surface area contributed by atoms with Crippen molar-refractivity contribution in [1.29, 1.82) is 0 Å². The van der Waals surface area contributed by atoms with Crippen LogP contribution >= 0.6 is 23.2 Å². The Balaban J connectivity index is 1.51. The Kier molecular flexibility index (Phi) is 7.25. The van der Waals surface area contributed by atoms with Gasteiger partial charge in [0.2, 0.25) is 11.8 Å². The fraction of sp³-hybridized carbons (Fsp3) is 0.294. The number of carbonyl (C=O) groups excluding carboxylic acids is 4.